The standard InChI is InChI=1S/C30H46N4O7Si/c1-42(2,3)13-12-40-20-32-26(37)30(18-41-19-30)34(28(32)39)23-15-29(16-23)10-8-22(9-11-29)33-25(36)14-24(35)31(27(33)38)17-21-6-4-5-7-21/h21-23H,4-20H2,1-3H3. The van der Waals surface area contributed by atoms with Gasteiger partial charge in [-0.15, -0.1) is 0 Å². The largest absolute Gasteiger partial charge is 0.375 e. The van der Waals surface area contributed by atoms with E-state index in [-0.39, 0.29) is 67.6 Å². The molecule has 0 unspecified atom stereocenters. The van der Waals surface area contributed by atoms with E-state index in [1.165, 1.54) is 14.7 Å². The van der Waals surface area contributed by atoms with Gasteiger partial charge in [0.05, 0.1) is 13.2 Å². The number of urea groups is 2. The zero-order valence-electron chi connectivity index (χ0n) is 25.4. The first-order chi connectivity index (χ1) is 19.9. The number of carbonyl (C=O) groups excluding carboxylic acids is 5. The molecule has 0 radical (unpaired) electrons. The molecule has 3 saturated carbocycles. The van der Waals surface area contributed by atoms with Crippen molar-refractivity contribution in [3.63, 3.8) is 0 Å². The monoisotopic (exact) mass is 602 g/mol. The van der Waals surface area contributed by atoms with Crippen LogP contribution in [0, 0.1) is 11.3 Å². The number of nitrogens with zero attached hydrogens (tertiary/aromatic N) is 4. The molecule has 0 aromatic heterocycles. The summed E-state index contributed by atoms with van der Waals surface area (Å²) < 4.78 is 11.3. The van der Waals surface area contributed by atoms with Crippen molar-refractivity contribution in [3.8, 4) is 0 Å². The summed E-state index contributed by atoms with van der Waals surface area (Å²) in [5.41, 5.74) is -0.872. The van der Waals surface area contributed by atoms with E-state index >= 15 is 0 Å². The highest BCUT2D eigenvalue weighted by Gasteiger charge is 2.66. The van der Waals surface area contributed by atoms with E-state index in [0.717, 1.165) is 57.4 Å². The van der Waals surface area contributed by atoms with Crippen LogP contribution in [0.5, 0.6) is 0 Å². The Hall–Kier alpha value is -2.31. The maximum absolute atomic E-state index is 13.5. The van der Waals surface area contributed by atoms with Crippen LogP contribution in [0.4, 0.5) is 9.59 Å². The van der Waals surface area contributed by atoms with Gasteiger partial charge in [-0.25, -0.2) is 14.5 Å². The number of hydrogen-bond acceptors (Lipinski definition) is 7. The minimum absolute atomic E-state index is 0.0158. The molecule has 0 N–H and O–H groups in total. The predicted molar refractivity (Wildman–Crippen MR) is 155 cm³/mol. The Balaban J connectivity index is 1.05. The van der Waals surface area contributed by atoms with Gasteiger partial charge >= 0.3 is 12.1 Å². The van der Waals surface area contributed by atoms with Crippen molar-refractivity contribution < 1.29 is 33.4 Å². The lowest BCUT2D eigenvalue weighted by atomic mass is 9.57. The molecule has 2 spiro atoms. The summed E-state index contributed by atoms with van der Waals surface area (Å²) in [4.78, 5) is 71.5. The molecule has 3 saturated heterocycles. The minimum atomic E-state index is -1.28. The molecule has 232 valence electrons. The number of rotatable bonds is 9. The average molecular weight is 603 g/mol. The Labute approximate surface area is 249 Å². The lowest BCUT2D eigenvalue weighted by Crippen LogP contribution is -2.69. The lowest BCUT2D eigenvalue weighted by Gasteiger charge is -2.57. The Morgan fingerprint density at radius 2 is 1.52 bits per heavy atom. The molecule has 0 aromatic rings. The van der Waals surface area contributed by atoms with E-state index in [4.69, 9.17) is 9.47 Å². The van der Waals surface area contributed by atoms with Crippen molar-refractivity contribution in [1.82, 2.24) is 19.6 Å². The zero-order valence-corrected chi connectivity index (χ0v) is 26.4. The van der Waals surface area contributed by atoms with Crippen LogP contribution in [-0.4, -0.2) is 108 Å². The molecular formula is C30H46N4O7Si. The van der Waals surface area contributed by atoms with Crippen LogP contribution in [0.25, 0.3) is 0 Å². The van der Waals surface area contributed by atoms with Gasteiger partial charge in [0.25, 0.3) is 5.91 Å². The first-order valence-corrected chi connectivity index (χ1v) is 19.6. The Kier molecular flexibility index (Phi) is 7.79. The zero-order chi connectivity index (χ0) is 29.9. The molecule has 11 nitrogen and oxygen atoms in total. The third kappa shape index (κ3) is 5.21. The summed E-state index contributed by atoms with van der Waals surface area (Å²) in [6, 6.07) is 0.0273. The number of amides is 7. The smallest absolute Gasteiger partial charge is 0.333 e. The predicted octanol–water partition coefficient (Wildman–Crippen LogP) is 3.79. The summed E-state index contributed by atoms with van der Waals surface area (Å²) in [5.74, 6) is -0.612. The molecule has 3 aliphatic carbocycles. The summed E-state index contributed by atoms with van der Waals surface area (Å²) in [5, 5.41) is 0. The summed E-state index contributed by atoms with van der Waals surface area (Å²) in [6.45, 7) is 8.19. The van der Waals surface area contributed by atoms with Crippen LogP contribution >= 0.6 is 0 Å². The number of carbonyl (C=O) groups is 5. The molecule has 7 amide bonds. The van der Waals surface area contributed by atoms with Gasteiger partial charge < -0.3 is 14.4 Å². The molecule has 3 aliphatic heterocycles. The Morgan fingerprint density at radius 3 is 2.12 bits per heavy atom. The first kappa shape index (κ1) is 29.7. The summed E-state index contributed by atoms with van der Waals surface area (Å²) in [6.07, 6.45) is 8.81. The normalized spacial score (nSPS) is 32.0. The van der Waals surface area contributed by atoms with E-state index in [9.17, 15) is 24.0 Å². The number of ether oxygens (including phenoxy) is 2. The van der Waals surface area contributed by atoms with Crippen LogP contribution in [0.15, 0.2) is 0 Å². The molecule has 12 heteroatoms. The molecule has 0 aromatic carbocycles. The first-order valence-electron chi connectivity index (χ1n) is 15.9. The SMILES string of the molecule is C[Si](C)(C)CCOCN1C(=O)N(C2CC3(CCC(N4C(=O)CC(=O)N(CC5CCCC5)C4=O)CC3)C2)C2(COC2)C1=O. The minimum Gasteiger partial charge on any atom is -0.375 e. The van der Waals surface area contributed by atoms with Crippen LogP contribution in [-0.2, 0) is 23.9 Å². The van der Waals surface area contributed by atoms with Gasteiger partial charge in [-0.3, -0.25) is 24.2 Å². The second-order valence-corrected chi connectivity index (χ2v) is 20.6. The highest BCUT2D eigenvalue weighted by Crippen LogP contribution is 2.56. The maximum Gasteiger partial charge on any atom is 0.333 e. The molecule has 0 bridgehead atoms. The van der Waals surface area contributed by atoms with Crippen LogP contribution < -0.4 is 0 Å². The topological polar surface area (TPSA) is 117 Å². The van der Waals surface area contributed by atoms with E-state index in [0.29, 0.717) is 31.9 Å². The Morgan fingerprint density at radius 1 is 0.857 bits per heavy atom. The van der Waals surface area contributed by atoms with Crippen molar-refractivity contribution in [3.05, 3.63) is 0 Å². The number of imide groups is 3. The van der Waals surface area contributed by atoms with Crippen molar-refractivity contribution in [2.24, 2.45) is 11.3 Å². The fourth-order valence-electron chi connectivity index (χ4n) is 8.11. The van der Waals surface area contributed by atoms with E-state index < -0.39 is 19.6 Å². The number of hydrogen-bond donors (Lipinski definition) is 0. The van der Waals surface area contributed by atoms with E-state index in [1.807, 2.05) is 0 Å². The quantitative estimate of drug-likeness (QED) is 0.171. The van der Waals surface area contributed by atoms with Gasteiger partial charge in [-0.2, -0.15) is 0 Å². The van der Waals surface area contributed by atoms with Gasteiger partial charge in [0.15, 0.2) is 5.54 Å². The molecule has 6 rings (SSSR count). The molecule has 3 heterocycles. The van der Waals surface area contributed by atoms with Gasteiger partial charge in [0.2, 0.25) is 11.8 Å². The summed E-state index contributed by atoms with van der Waals surface area (Å²) >= 11 is 0. The fourth-order valence-corrected chi connectivity index (χ4v) is 8.87. The van der Waals surface area contributed by atoms with Gasteiger partial charge in [0, 0.05) is 33.3 Å². The van der Waals surface area contributed by atoms with Gasteiger partial charge in [-0.05, 0) is 68.7 Å². The highest BCUT2D eigenvalue weighted by molar-refractivity contribution is 6.76. The third-order valence-electron chi connectivity index (χ3n) is 10.7. The maximum atomic E-state index is 13.5. The van der Waals surface area contributed by atoms with Crippen molar-refractivity contribution in [2.45, 2.75) is 114 Å². The molecule has 6 aliphatic rings. The lowest BCUT2D eigenvalue weighted by molar-refractivity contribution is -0.171. The second kappa shape index (κ2) is 11.0. The average Bonchev–Trinajstić information content (AvgIpc) is 3.47. The molecule has 0 atom stereocenters. The van der Waals surface area contributed by atoms with E-state index in [2.05, 4.69) is 19.6 Å². The van der Waals surface area contributed by atoms with Gasteiger partial charge in [-0.1, -0.05) is 32.5 Å². The number of barbiturate groups is 1. The van der Waals surface area contributed by atoms with Crippen LogP contribution in [0.1, 0.15) is 70.6 Å². The van der Waals surface area contributed by atoms with Gasteiger partial charge in [0.1, 0.15) is 13.2 Å². The van der Waals surface area contributed by atoms with Crippen molar-refractivity contribution >= 4 is 37.9 Å². The molecule has 42 heavy (non-hydrogen) atoms. The van der Waals surface area contributed by atoms with Crippen LogP contribution in [0.3, 0.4) is 0 Å². The summed E-state index contributed by atoms with van der Waals surface area (Å²) in [7, 11) is -1.28. The molecule has 6 fully saturated rings. The van der Waals surface area contributed by atoms with Crippen molar-refractivity contribution in [2.75, 3.05) is 33.1 Å². The highest BCUT2D eigenvalue weighted by atomic mass is 28.3. The second-order valence-electron chi connectivity index (χ2n) is 14.9. The molecular weight excluding hydrogens is 556 g/mol. The van der Waals surface area contributed by atoms with Crippen molar-refractivity contribution in [1.29, 1.82) is 0 Å². The fraction of sp³-hybridized carbons (Fsp3) is 0.833. The van der Waals surface area contributed by atoms with E-state index in [1.54, 1.807) is 4.90 Å². The third-order valence-corrected chi connectivity index (χ3v) is 12.5. The Bertz CT molecular complexity index is 1130. The van der Waals surface area contributed by atoms with Crippen LogP contribution in [0.2, 0.25) is 25.7 Å².